The van der Waals surface area contributed by atoms with Gasteiger partial charge in [0.1, 0.15) is 0 Å². The molecule has 0 aliphatic heterocycles. The van der Waals surface area contributed by atoms with Crippen LogP contribution in [0.4, 0.5) is 0 Å². The van der Waals surface area contributed by atoms with Crippen molar-refractivity contribution in [1.82, 2.24) is 0 Å². The SMILES string of the molecule is CC1CCC(c2ccc(-c3ccc(C4CCC(C)CC4)cc3)cc2)CC1.Cc1c(-c2ccc(C3CCC(C)CC3)cc2)ccc(C2CCC(C)CC2)c1C.Cc1ccc(-c2ccc(-c3ccc(C4CCC(C)CC4)cc3)c(C)c2C)cc1. The summed E-state index contributed by atoms with van der Waals surface area (Å²) in [5, 5.41) is 0. The van der Waals surface area contributed by atoms with Gasteiger partial charge in [0.15, 0.2) is 0 Å². The standard InChI is InChI=1S/C28H38.C28H32.C26H34/c2*1-19-5-9-23(10-6-19)24-13-15-26(16-14-24)28-18-17-27(21(3)22(28)4)25-11-7-20(2)8-12-25;1-19-3-7-21(8-4-19)23-11-15-25(16-12-23)26-17-13-24(14-18-26)22-9-5-20(2)6-10-22/h13-20,23,25H,5-12H2,1-4H3;7-8,11-19,23H,5-6,9-10H2,1-4H3;11-22H,3-10H2,1-2H3. The minimum atomic E-state index is 0.761. The van der Waals surface area contributed by atoms with Gasteiger partial charge in [-0.1, -0.05) is 250 Å². The fourth-order valence-corrected chi connectivity index (χ4v) is 15.5. The van der Waals surface area contributed by atoms with Gasteiger partial charge in [0.2, 0.25) is 0 Å². The van der Waals surface area contributed by atoms with Crippen molar-refractivity contribution in [3.63, 3.8) is 0 Å². The van der Waals surface area contributed by atoms with Crippen molar-refractivity contribution in [2.24, 2.45) is 29.6 Å². The molecule has 0 atom stereocenters. The van der Waals surface area contributed by atoms with Crippen LogP contribution in [-0.2, 0) is 0 Å². The molecule has 82 heavy (non-hydrogen) atoms. The molecule has 0 aromatic heterocycles. The van der Waals surface area contributed by atoms with Gasteiger partial charge in [-0.25, -0.2) is 0 Å². The van der Waals surface area contributed by atoms with Crippen molar-refractivity contribution in [1.29, 1.82) is 0 Å². The first kappa shape index (κ1) is 59.7. The largest absolute Gasteiger partial charge is 0.0625 e. The molecule has 0 heteroatoms. The van der Waals surface area contributed by atoms with Gasteiger partial charge in [0.05, 0.1) is 0 Å². The van der Waals surface area contributed by atoms with E-state index in [-0.39, 0.29) is 0 Å². The summed E-state index contributed by atoms with van der Waals surface area (Å²) < 4.78 is 0. The van der Waals surface area contributed by atoms with Crippen molar-refractivity contribution in [2.45, 2.75) is 227 Å². The normalized spacial score (nSPS) is 25.7. The molecular formula is C82H104. The van der Waals surface area contributed by atoms with Crippen LogP contribution in [0.5, 0.6) is 0 Å². The van der Waals surface area contributed by atoms with E-state index < -0.39 is 0 Å². The van der Waals surface area contributed by atoms with Crippen molar-refractivity contribution >= 4 is 0 Å². The summed E-state index contributed by atoms with van der Waals surface area (Å²) in [4.78, 5) is 0. The lowest BCUT2D eigenvalue weighted by molar-refractivity contribution is 0.347. The van der Waals surface area contributed by atoms with Crippen molar-refractivity contribution in [2.75, 3.05) is 0 Å². The van der Waals surface area contributed by atoms with E-state index >= 15 is 0 Å². The Morgan fingerprint density at radius 3 is 0.707 bits per heavy atom. The van der Waals surface area contributed by atoms with Crippen LogP contribution in [-0.4, -0.2) is 0 Å². The molecular weight excluding hydrogens is 985 g/mol. The van der Waals surface area contributed by atoms with Gasteiger partial charge in [-0.15, -0.1) is 0 Å². The van der Waals surface area contributed by atoms with Crippen molar-refractivity contribution in [3.8, 4) is 44.5 Å². The Balaban J connectivity index is 0.000000138. The predicted molar refractivity (Wildman–Crippen MR) is 357 cm³/mol. The molecule has 0 heterocycles. The molecule has 0 N–H and O–H groups in total. The quantitative estimate of drug-likeness (QED) is 0.135. The lowest BCUT2D eigenvalue weighted by atomic mass is 9.77. The highest BCUT2D eigenvalue weighted by Crippen LogP contribution is 2.43. The van der Waals surface area contributed by atoms with E-state index in [1.54, 1.807) is 22.3 Å². The lowest BCUT2D eigenvalue weighted by Crippen LogP contribution is -2.12. The van der Waals surface area contributed by atoms with Gasteiger partial charge >= 0.3 is 0 Å². The second-order valence-corrected chi connectivity index (χ2v) is 28.0. The van der Waals surface area contributed by atoms with Crippen LogP contribution < -0.4 is 0 Å². The third-order valence-corrected chi connectivity index (χ3v) is 22.0. The van der Waals surface area contributed by atoms with E-state index in [0.717, 1.165) is 59.2 Å². The summed E-state index contributed by atoms with van der Waals surface area (Å²) in [6.07, 6.45) is 27.6. The first-order chi connectivity index (χ1) is 39.7. The Hall–Kier alpha value is -5.46. The first-order valence-corrected chi connectivity index (χ1v) is 33.4. The maximum atomic E-state index is 2.44. The van der Waals surface area contributed by atoms with Gasteiger partial charge in [-0.05, 0) is 253 Å². The summed E-state index contributed by atoms with van der Waals surface area (Å²) in [6, 6.07) is 56.1. The molecule has 0 unspecified atom stereocenters. The molecule has 0 nitrogen and oxygen atoms in total. The molecule has 0 saturated heterocycles. The molecule has 5 fully saturated rings. The highest BCUT2D eigenvalue weighted by molar-refractivity contribution is 5.77. The molecule has 7 aromatic rings. The van der Waals surface area contributed by atoms with Gasteiger partial charge in [0.25, 0.3) is 0 Å². The second kappa shape index (κ2) is 28.0. The van der Waals surface area contributed by atoms with Crippen LogP contribution in [0.2, 0.25) is 0 Å². The van der Waals surface area contributed by atoms with Crippen LogP contribution in [0.15, 0.2) is 146 Å². The van der Waals surface area contributed by atoms with Crippen molar-refractivity contribution < 1.29 is 0 Å². The molecule has 0 bridgehead atoms. The fraction of sp³-hybridized carbons (Fsp3) is 0.488. The molecule has 5 aliphatic carbocycles. The van der Waals surface area contributed by atoms with Crippen LogP contribution in [0.3, 0.4) is 0 Å². The van der Waals surface area contributed by atoms with Crippen LogP contribution in [0, 0.1) is 64.2 Å². The number of hydrogen-bond acceptors (Lipinski definition) is 0. The molecule has 432 valence electrons. The van der Waals surface area contributed by atoms with E-state index in [9.17, 15) is 0 Å². The van der Waals surface area contributed by atoms with Gasteiger partial charge in [0, 0.05) is 0 Å². The van der Waals surface area contributed by atoms with E-state index in [1.807, 2.05) is 0 Å². The summed E-state index contributed by atoms with van der Waals surface area (Å²) in [6.45, 7) is 23.3. The average Bonchev–Trinajstić information content (AvgIpc) is 3.60. The smallest absolute Gasteiger partial charge is 0.0152 e. The molecule has 12 rings (SSSR count). The number of benzene rings is 7. The number of aryl methyl sites for hydroxylation is 1. The molecule has 5 aliphatic rings. The monoisotopic (exact) mass is 1090 g/mol. The molecule has 7 aromatic carbocycles. The lowest BCUT2D eigenvalue weighted by Gasteiger charge is -2.28. The van der Waals surface area contributed by atoms with Gasteiger partial charge < -0.3 is 0 Å². The Labute approximate surface area is 499 Å². The third-order valence-electron chi connectivity index (χ3n) is 22.0. The maximum Gasteiger partial charge on any atom is -0.0152 e. The van der Waals surface area contributed by atoms with Crippen molar-refractivity contribution in [3.05, 3.63) is 201 Å². The summed E-state index contributed by atoms with van der Waals surface area (Å²) in [5.74, 6) is 8.50. The highest BCUT2D eigenvalue weighted by atomic mass is 14.3. The Bertz CT molecular complexity index is 3010. The molecule has 0 radical (unpaired) electrons. The van der Waals surface area contributed by atoms with Gasteiger partial charge in [-0.2, -0.15) is 0 Å². The topological polar surface area (TPSA) is 0 Å². The van der Waals surface area contributed by atoms with E-state index in [2.05, 4.69) is 215 Å². The zero-order valence-electron chi connectivity index (χ0n) is 52.8. The zero-order chi connectivity index (χ0) is 57.3. The van der Waals surface area contributed by atoms with Crippen LogP contribution >= 0.6 is 0 Å². The molecule has 0 spiro atoms. The first-order valence-electron chi connectivity index (χ1n) is 33.4. The zero-order valence-corrected chi connectivity index (χ0v) is 52.8. The second-order valence-electron chi connectivity index (χ2n) is 28.0. The van der Waals surface area contributed by atoms with E-state index in [1.165, 1.54) is 206 Å². The van der Waals surface area contributed by atoms with Crippen LogP contribution in [0.1, 0.15) is 248 Å². The average molecular weight is 1090 g/mol. The maximum absolute atomic E-state index is 2.44. The third kappa shape index (κ3) is 14.9. The summed E-state index contributed by atoms with van der Waals surface area (Å²) in [5.41, 5.74) is 25.8. The van der Waals surface area contributed by atoms with Crippen LogP contribution in [0.25, 0.3) is 44.5 Å². The van der Waals surface area contributed by atoms with E-state index in [0.29, 0.717) is 0 Å². The highest BCUT2D eigenvalue weighted by Gasteiger charge is 2.25. The summed E-state index contributed by atoms with van der Waals surface area (Å²) in [7, 11) is 0. The number of hydrogen-bond donors (Lipinski definition) is 0. The minimum absolute atomic E-state index is 0.761. The fourth-order valence-electron chi connectivity index (χ4n) is 15.5. The Morgan fingerprint density at radius 1 is 0.207 bits per heavy atom. The Morgan fingerprint density at radius 2 is 0.427 bits per heavy atom. The molecule has 5 saturated carbocycles. The minimum Gasteiger partial charge on any atom is -0.0625 e. The van der Waals surface area contributed by atoms with E-state index in [4.69, 9.17) is 0 Å². The predicted octanol–water partition coefficient (Wildman–Crippen LogP) is 24.7. The Kier molecular flexibility index (Phi) is 20.3. The molecule has 0 amide bonds. The summed E-state index contributed by atoms with van der Waals surface area (Å²) >= 11 is 0. The number of rotatable bonds is 9. The van der Waals surface area contributed by atoms with Gasteiger partial charge in [-0.3, -0.25) is 0 Å².